The molecule has 3 rings (SSSR count). The number of aromatic nitrogens is 2. The molecule has 3 heterocycles. The fraction of sp³-hybridized carbons (Fsp3) is 0.333. The van der Waals surface area contributed by atoms with E-state index in [-0.39, 0.29) is 5.56 Å². The molecule has 0 radical (unpaired) electrons. The topological polar surface area (TPSA) is 95.5 Å². The first-order chi connectivity index (χ1) is 10.5. The molecule has 0 saturated carbocycles. The van der Waals surface area contributed by atoms with Crippen molar-refractivity contribution in [3.05, 3.63) is 41.6 Å². The Morgan fingerprint density at radius 1 is 1.32 bits per heavy atom. The zero-order valence-electron chi connectivity index (χ0n) is 12.1. The Morgan fingerprint density at radius 3 is 2.77 bits per heavy atom. The first kappa shape index (κ1) is 14.8. The summed E-state index contributed by atoms with van der Waals surface area (Å²) in [5, 5.41) is 19.3. The molecule has 2 aromatic rings. The molecule has 1 unspecified atom stereocenters. The average Bonchev–Trinajstić information content (AvgIpc) is 2.89. The summed E-state index contributed by atoms with van der Waals surface area (Å²) in [6.45, 7) is 2.09. The van der Waals surface area contributed by atoms with Crippen molar-refractivity contribution in [1.82, 2.24) is 9.97 Å². The van der Waals surface area contributed by atoms with Gasteiger partial charge >= 0.3 is 0 Å². The van der Waals surface area contributed by atoms with Gasteiger partial charge in [-0.3, -0.25) is 10.7 Å². The standard InChI is InChI=1S/C15H17FN4O2/c1-8(21)13-11(6-18-7-12(13)16)10-4-9-2-3-20(15(17)22)14(9)19-5-10/h4-8,15,21-22H,2-3,17H2,1H3/t8-,15?/m0/s1. The number of hydrogen-bond donors (Lipinski definition) is 3. The van der Waals surface area contributed by atoms with Gasteiger partial charge in [-0.2, -0.15) is 0 Å². The molecule has 2 atom stereocenters. The van der Waals surface area contributed by atoms with Crippen LogP contribution in [0.2, 0.25) is 0 Å². The maximum Gasteiger partial charge on any atom is 0.182 e. The van der Waals surface area contributed by atoms with Crippen LogP contribution in [0, 0.1) is 5.82 Å². The Balaban J connectivity index is 2.07. The zero-order chi connectivity index (χ0) is 15.9. The van der Waals surface area contributed by atoms with E-state index in [2.05, 4.69) is 9.97 Å². The maximum atomic E-state index is 13.9. The van der Waals surface area contributed by atoms with E-state index in [1.807, 2.05) is 6.07 Å². The summed E-state index contributed by atoms with van der Waals surface area (Å²) in [5.74, 6) is 0.0775. The van der Waals surface area contributed by atoms with Gasteiger partial charge in [0, 0.05) is 35.6 Å². The predicted octanol–water partition coefficient (Wildman–Crippen LogP) is 0.933. The second-order valence-electron chi connectivity index (χ2n) is 5.32. The lowest BCUT2D eigenvalue weighted by molar-refractivity contribution is 0.178. The number of anilines is 1. The van der Waals surface area contributed by atoms with Crippen molar-refractivity contribution in [2.75, 3.05) is 11.4 Å². The van der Waals surface area contributed by atoms with Crippen LogP contribution in [0.3, 0.4) is 0 Å². The second kappa shape index (κ2) is 5.60. The van der Waals surface area contributed by atoms with Crippen molar-refractivity contribution in [2.45, 2.75) is 25.8 Å². The molecule has 1 aliphatic heterocycles. The minimum absolute atomic E-state index is 0.200. The maximum absolute atomic E-state index is 13.9. The molecule has 0 fully saturated rings. The highest BCUT2D eigenvalue weighted by Gasteiger charge is 2.25. The summed E-state index contributed by atoms with van der Waals surface area (Å²) >= 11 is 0. The lowest BCUT2D eigenvalue weighted by Gasteiger charge is -2.21. The van der Waals surface area contributed by atoms with Crippen molar-refractivity contribution in [1.29, 1.82) is 0 Å². The molecule has 22 heavy (non-hydrogen) atoms. The quantitative estimate of drug-likeness (QED) is 0.730. The van der Waals surface area contributed by atoms with Crippen LogP contribution >= 0.6 is 0 Å². The van der Waals surface area contributed by atoms with Crippen molar-refractivity contribution in [2.24, 2.45) is 5.73 Å². The largest absolute Gasteiger partial charge is 0.389 e. The van der Waals surface area contributed by atoms with E-state index < -0.39 is 18.3 Å². The first-order valence-corrected chi connectivity index (χ1v) is 7.00. The van der Waals surface area contributed by atoms with Crippen LogP contribution in [-0.2, 0) is 6.42 Å². The van der Waals surface area contributed by atoms with Gasteiger partial charge in [-0.05, 0) is 25.0 Å². The van der Waals surface area contributed by atoms with E-state index in [4.69, 9.17) is 5.73 Å². The number of fused-ring (bicyclic) bond motifs is 1. The fourth-order valence-electron chi connectivity index (χ4n) is 2.80. The Morgan fingerprint density at radius 2 is 2.09 bits per heavy atom. The number of nitrogens with zero attached hydrogens (tertiary/aromatic N) is 3. The normalized spacial score (nSPS) is 16.5. The van der Waals surface area contributed by atoms with Gasteiger partial charge < -0.3 is 15.1 Å². The van der Waals surface area contributed by atoms with E-state index >= 15 is 0 Å². The first-order valence-electron chi connectivity index (χ1n) is 7.00. The Bertz CT molecular complexity index is 706. The van der Waals surface area contributed by atoms with Gasteiger partial charge in [0.1, 0.15) is 11.6 Å². The van der Waals surface area contributed by atoms with Crippen LogP contribution in [0.5, 0.6) is 0 Å². The molecule has 7 heteroatoms. The Labute approximate surface area is 127 Å². The number of halogens is 1. The van der Waals surface area contributed by atoms with E-state index in [0.717, 1.165) is 11.8 Å². The number of hydrogen-bond acceptors (Lipinski definition) is 6. The van der Waals surface area contributed by atoms with Crippen LogP contribution in [-0.4, -0.2) is 33.1 Å². The summed E-state index contributed by atoms with van der Waals surface area (Å²) in [6, 6.07) is 1.87. The molecule has 0 spiro atoms. The summed E-state index contributed by atoms with van der Waals surface area (Å²) in [6.07, 6.45) is 2.81. The third-order valence-corrected chi connectivity index (χ3v) is 3.82. The lowest BCUT2D eigenvalue weighted by Crippen LogP contribution is -2.41. The molecule has 1 aliphatic rings. The number of nitrogens with two attached hydrogens (primary N) is 1. The van der Waals surface area contributed by atoms with Crippen LogP contribution in [0.15, 0.2) is 24.7 Å². The summed E-state index contributed by atoms with van der Waals surface area (Å²) < 4.78 is 13.9. The van der Waals surface area contributed by atoms with Gasteiger partial charge in [-0.15, -0.1) is 0 Å². The third-order valence-electron chi connectivity index (χ3n) is 3.82. The highest BCUT2D eigenvalue weighted by atomic mass is 19.1. The van der Waals surface area contributed by atoms with Gasteiger partial charge in [0.2, 0.25) is 0 Å². The number of aliphatic hydroxyl groups is 2. The van der Waals surface area contributed by atoms with Gasteiger partial charge in [0.25, 0.3) is 0 Å². The molecule has 0 aromatic carbocycles. The zero-order valence-corrected chi connectivity index (χ0v) is 12.1. The summed E-state index contributed by atoms with van der Waals surface area (Å²) in [4.78, 5) is 9.77. The molecular formula is C15H17FN4O2. The Hall–Kier alpha value is -2.09. The molecule has 2 aromatic heterocycles. The molecule has 0 amide bonds. The smallest absolute Gasteiger partial charge is 0.182 e. The van der Waals surface area contributed by atoms with Crippen molar-refractivity contribution < 1.29 is 14.6 Å². The van der Waals surface area contributed by atoms with Crippen LogP contribution in [0.1, 0.15) is 24.2 Å². The van der Waals surface area contributed by atoms with Crippen molar-refractivity contribution in [3.8, 4) is 11.1 Å². The minimum Gasteiger partial charge on any atom is -0.389 e. The van der Waals surface area contributed by atoms with Crippen LogP contribution in [0.25, 0.3) is 11.1 Å². The molecule has 4 N–H and O–H groups in total. The van der Waals surface area contributed by atoms with Gasteiger partial charge in [-0.25, -0.2) is 9.37 Å². The van der Waals surface area contributed by atoms with E-state index in [1.54, 1.807) is 11.1 Å². The third kappa shape index (κ3) is 2.43. The minimum atomic E-state index is -1.09. The molecular weight excluding hydrogens is 287 g/mol. The van der Waals surface area contributed by atoms with E-state index in [9.17, 15) is 14.6 Å². The lowest BCUT2D eigenvalue weighted by atomic mass is 9.98. The predicted molar refractivity (Wildman–Crippen MR) is 79.3 cm³/mol. The van der Waals surface area contributed by atoms with E-state index in [1.165, 1.54) is 13.1 Å². The van der Waals surface area contributed by atoms with Gasteiger partial charge in [-0.1, -0.05) is 0 Å². The molecule has 116 valence electrons. The van der Waals surface area contributed by atoms with Crippen LogP contribution < -0.4 is 10.6 Å². The Kier molecular flexibility index (Phi) is 3.78. The molecule has 6 nitrogen and oxygen atoms in total. The van der Waals surface area contributed by atoms with Gasteiger partial charge in [0.15, 0.2) is 6.35 Å². The number of rotatable bonds is 3. The fourth-order valence-corrected chi connectivity index (χ4v) is 2.80. The summed E-state index contributed by atoms with van der Waals surface area (Å²) in [7, 11) is 0. The SMILES string of the molecule is C[C@H](O)c1c(F)cncc1-c1cnc2c(c1)CCN2C(N)O. The van der Waals surface area contributed by atoms with Crippen molar-refractivity contribution >= 4 is 5.82 Å². The van der Waals surface area contributed by atoms with Gasteiger partial charge in [0.05, 0.1) is 12.3 Å². The van der Waals surface area contributed by atoms with Crippen molar-refractivity contribution in [3.63, 3.8) is 0 Å². The second-order valence-corrected chi connectivity index (χ2v) is 5.32. The number of aliphatic hydroxyl groups excluding tert-OH is 2. The highest BCUT2D eigenvalue weighted by molar-refractivity contribution is 5.70. The monoisotopic (exact) mass is 304 g/mol. The summed E-state index contributed by atoms with van der Waals surface area (Å²) in [5.41, 5.74) is 7.80. The number of pyridine rings is 2. The van der Waals surface area contributed by atoms with E-state index in [0.29, 0.717) is 29.9 Å². The molecule has 0 saturated heterocycles. The molecule has 0 bridgehead atoms. The molecule has 0 aliphatic carbocycles. The van der Waals surface area contributed by atoms with Crippen LogP contribution in [0.4, 0.5) is 10.2 Å². The highest BCUT2D eigenvalue weighted by Crippen LogP contribution is 2.33. The average molecular weight is 304 g/mol.